The summed E-state index contributed by atoms with van der Waals surface area (Å²) in [5.74, 6) is -0.297. The van der Waals surface area contributed by atoms with Gasteiger partial charge in [-0.3, -0.25) is 19.7 Å². The van der Waals surface area contributed by atoms with Gasteiger partial charge in [-0.2, -0.15) is 0 Å². The molecule has 3 aromatic rings. The van der Waals surface area contributed by atoms with Crippen molar-refractivity contribution in [1.82, 2.24) is 0 Å². The molecule has 0 aliphatic rings. The summed E-state index contributed by atoms with van der Waals surface area (Å²) < 4.78 is 5.73. The first-order valence-corrected chi connectivity index (χ1v) is 6.80. The Balaban J connectivity index is 2.31. The van der Waals surface area contributed by atoms with E-state index in [1.54, 1.807) is 24.3 Å². The second-order valence-electron chi connectivity index (χ2n) is 4.99. The zero-order valence-electron chi connectivity index (χ0n) is 12.1. The average molecular weight is 309 g/mol. The molecule has 2 aromatic carbocycles. The minimum atomic E-state index is -0.522. The van der Waals surface area contributed by atoms with Crippen LogP contribution in [0.3, 0.4) is 0 Å². The molecule has 0 unspecified atom stereocenters. The average Bonchev–Trinajstić information content (AvgIpc) is 2.54. The quantitative estimate of drug-likeness (QED) is 0.419. The van der Waals surface area contributed by atoms with Crippen molar-refractivity contribution in [2.45, 2.75) is 6.92 Å². The van der Waals surface area contributed by atoms with Gasteiger partial charge in [0.1, 0.15) is 16.9 Å². The first-order valence-electron chi connectivity index (χ1n) is 6.80. The Labute approximate surface area is 130 Å². The van der Waals surface area contributed by atoms with Gasteiger partial charge in [0.05, 0.1) is 10.3 Å². The molecule has 0 aliphatic carbocycles. The van der Waals surface area contributed by atoms with E-state index in [0.29, 0.717) is 16.5 Å². The highest BCUT2D eigenvalue weighted by Crippen LogP contribution is 2.27. The van der Waals surface area contributed by atoms with E-state index in [4.69, 9.17) is 4.42 Å². The first-order chi connectivity index (χ1) is 11.0. The maximum Gasteiger partial charge on any atom is 0.269 e. The van der Waals surface area contributed by atoms with E-state index in [1.165, 1.54) is 31.2 Å². The van der Waals surface area contributed by atoms with Crippen LogP contribution in [0.2, 0.25) is 0 Å². The van der Waals surface area contributed by atoms with Gasteiger partial charge in [-0.05, 0) is 31.2 Å². The van der Waals surface area contributed by atoms with Crippen molar-refractivity contribution in [2.24, 2.45) is 0 Å². The van der Waals surface area contributed by atoms with Crippen LogP contribution in [-0.4, -0.2) is 10.7 Å². The normalized spacial score (nSPS) is 10.7. The third kappa shape index (κ3) is 2.50. The van der Waals surface area contributed by atoms with E-state index < -0.39 is 16.1 Å². The van der Waals surface area contributed by atoms with E-state index in [2.05, 4.69) is 0 Å². The van der Waals surface area contributed by atoms with Crippen molar-refractivity contribution in [3.8, 4) is 11.3 Å². The van der Waals surface area contributed by atoms with Gasteiger partial charge < -0.3 is 4.42 Å². The lowest BCUT2D eigenvalue weighted by atomic mass is 10.0. The SMILES string of the molecule is CC(=O)c1c(-c2ccc([N+](=O)[O-])cc2)oc2ccccc2c1=O. The first kappa shape index (κ1) is 14.6. The van der Waals surface area contributed by atoms with E-state index >= 15 is 0 Å². The van der Waals surface area contributed by atoms with E-state index in [0.717, 1.165) is 0 Å². The van der Waals surface area contributed by atoms with E-state index in [9.17, 15) is 19.7 Å². The van der Waals surface area contributed by atoms with Crippen molar-refractivity contribution in [1.29, 1.82) is 0 Å². The number of hydrogen-bond donors (Lipinski definition) is 0. The van der Waals surface area contributed by atoms with E-state index in [-0.39, 0.29) is 17.0 Å². The second kappa shape index (κ2) is 5.49. The minimum absolute atomic E-state index is 0.0578. The fourth-order valence-corrected chi connectivity index (χ4v) is 2.40. The summed E-state index contributed by atoms with van der Waals surface area (Å²) in [5.41, 5.74) is 0.242. The van der Waals surface area contributed by atoms with Crippen LogP contribution >= 0.6 is 0 Å². The lowest BCUT2D eigenvalue weighted by molar-refractivity contribution is -0.384. The lowest BCUT2D eigenvalue weighted by Crippen LogP contribution is -2.14. The summed E-state index contributed by atoms with van der Waals surface area (Å²) in [6.45, 7) is 1.29. The number of carbonyl (C=O) groups is 1. The van der Waals surface area contributed by atoms with Gasteiger partial charge in [0.25, 0.3) is 5.69 Å². The molecule has 0 radical (unpaired) electrons. The predicted octanol–water partition coefficient (Wildman–Crippen LogP) is 3.57. The molecule has 114 valence electrons. The number of Topliss-reactive ketones (excluding diaryl/α,β-unsaturated/α-hetero) is 1. The van der Waals surface area contributed by atoms with Gasteiger partial charge in [-0.1, -0.05) is 12.1 Å². The molecule has 0 atom stereocenters. The van der Waals surface area contributed by atoms with Crippen molar-refractivity contribution in [3.63, 3.8) is 0 Å². The maximum absolute atomic E-state index is 12.6. The molecule has 23 heavy (non-hydrogen) atoms. The number of nitro benzene ring substituents is 1. The monoisotopic (exact) mass is 309 g/mol. The molecule has 1 heterocycles. The molecule has 0 saturated carbocycles. The minimum Gasteiger partial charge on any atom is -0.455 e. The van der Waals surface area contributed by atoms with Gasteiger partial charge in [0, 0.05) is 17.7 Å². The van der Waals surface area contributed by atoms with Crippen LogP contribution in [0.5, 0.6) is 0 Å². The Hall–Kier alpha value is -3.28. The molecule has 0 saturated heterocycles. The number of nitrogens with zero attached hydrogens (tertiary/aromatic N) is 1. The molecular weight excluding hydrogens is 298 g/mol. The van der Waals surface area contributed by atoms with Crippen LogP contribution in [0.1, 0.15) is 17.3 Å². The van der Waals surface area contributed by atoms with Gasteiger partial charge in [-0.15, -0.1) is 0 Å². The molecule has 6 nitrogen and oxygen atoms in total. The smallest absolute Gasteiger partial charge is 0.269 e. The van der Waals surface area contributed by atoms with E-state index in [1.807, 2.05) is 0 Å². The summed E-state index contributed by atoms with van der Waals surface area (Å²) in [6, 6.07) is 12.1. The van der Waals surface area contributed by atoms with Crippen molar-refractivity contribution in [2.75, 3.05) is 0 Å². The van der Waals surface area contributed by atoms with Gasteiger partial charge in [0.15, 0.2) is 5.78 Å². The Morgan fingerprint density at radius 3 is 2.35 bits per heavy atom. The Morgan fingerprint density at radius 2 is 1.74 bits per heavy atom. The number of para-hydroxylation sites is 1. The fraction of sp³-hybridized carbons (Fsp3) is 0.0588. The molecule has 0 aliphatic heterocycles. The topological polar surface area (TPSA) is 90.4 Å². The molecule has 3 rings (SSSR count). The number of fused-ring (bicyclic) bond motifs is 1. The summed E-state index contributed by atoms with van der Waals surface area (Å²) in [7, 11) is 0. The third-order valence-corrected chi connectivity index (χ3v) is 3.49. The number of ketones is 1. The Kier molecular flexibility index (Phi) is 3.50. The molecule has 0 N–H and O–H groups in total. The zero-order valence-corrected chi connectivity index (χ0v) is 12.1. The Bertz CT molecular complexity index is 986. The van der Waals surface area contributed by atoms with Crippen LogP contribution in [0, 0.1) is 10.1 Å². The third-order valence-electron chi connectivity index (χ3n) is 3.49. The molecule has 6 heteroatoms. The van der Waals surface area contributed by atoms with Gasteiger partial charge in [-0.25, -0.2) is 0 Å². The summed E-state index contributed by atoms with van der Waals surface area (Å²) in [5, 5.41) is 11.1. The maximum atomic E-state index is 12.6. The van der Waals surface area contributed by atoms with Crippen LogP contribution in [0.25, 0.3) is 22.3 Å². The van der Waals surface area contributed by atoms with Crippen molar-refractivity contribution >= 4 is 22.4 Å². The van der Waals surface area contributed by atoms with Crippen molar-refractivity contribution in [3.05, 3.63) is 74.4 Å². The zero-order chi connectivity index (χ0) is 16.6. The number of non-ortho nitro benzene ring substituents is 1. The van der Waals surface area contributed by atoms with Crippen LogP contribution in [0.4, 0.5) is 5.69 Å². The lowest BCUT2D eigenvalue weighted by Gasteiger charge is -2.08. The fourth-order valence-electron chi connectivity index (χ4n) is 2.40. The molecule has 0 fully saturated rings. The highest BCUT2D eigenvalue weighted by Gasteiger charge is 2.19. The van der Waals surface area contributed by atoms with Crippen LogP contribution in [0.15, 0.2) is 57.7 Å². The largest absolute Gasteiger partial charge is 0.455 e. The van der Waals surface area contributed by atoms with Crippen LogP contribution in [-0.2, 0) is 0 Å². The highest BCUT2D eigenvalue weighted by atomic mass is 16.6. The van der Waals surface area contributed by atoms with Gasteiger partial charge >= 0.3 is 0 Å². The molecule has 1 aromatic heterocycles. The molecule has 0 spiro atoms. The predicted molar refractivity (Wildman–Crippen MR) is 84.6 cm³/mol. The van der Waals surface area contributed by atoms with Crippen molar-refractivity contribution < 1.29 is 14.1 Å². The van der Waals surface area contributed by atoms with Gasteiger partial charge in [0.2, 0.25) is 5.43 Å². The Morgan fingerprint density at radius 1 is 1.09 bits per heavy atom. The summed E-state index contributed by atoms with van der Waals surface area (Å²) in [4.78, 5) is 34.7. The summed E-state index contributed by atoms with van der Waals surface area (Å²) in [6.07, 6.45) is 0. The number of rotatable bonds is 3. The summed E-state index contributed by atoms with van der Waals surface area (Å²) >= 11 is 0. The van der Waals surface area contributed by atoms with Crippen LogP contribution < -0.4 is 5.43 Å². The second-order valence-corrected chi connectivity index (χ2v) is 4.99. The molecule has 0 amide bonds. The standard InChI is InChI=1S/C17H11NO5/c1-10(19)15-16(20)13-4-2-3-5-14(13)23-17(15)11-6-8-12(9-7-11)18(21)22/h2-9H,1H3. The molecule has 0 bridgehead atoms. The number of benzene rings is 2. The number of carbonyl (C=O) groups excluding carboxylic acids is 1. The highest BCUT2D eigenvalue weighted by molar-refractivity contribution is 6.02. The number of hydrogen-bond acceptors (Lipinski definition) is 5. The number of nitro groups is 1. The molecular formula is C17H11NO5.